The second kappa shape index (κ2) is 12.9. The summed E-state index contributed by atoms with van der Waals surface area (Å²) >= 11 is 0. The van der Waals surface area contributed by atoms with Crippen molar-refractivity contribution in [2.24, 2.45) is 5.73 Å². The van der Waals surface area contributed by atoms with Crippen molar-refractivity contribution in [1.82, 2.24) is 36.2 Å². The number of nitrogens with two attached hydrogens (primary N) is 1. The van der Waals surface area contributed by atoms with Gasteiger partial charge < -0.3 is 42.1 Å². The van der Waals surface area contributed by atoms with Gasteiger partial charge in [0.2, 0.25) is 23.6 Å². The summed E-state index contributed by atoms with van der Waals surface area (Å²) in [5.74, 6) is -4.20. The van der Waals surface area contributed by atoms with Crippen molar-refractivity contribution in [2.75, 3.05) is 6.54 Å². The summed E-state index contributed by atoms with van der Waals surface area (Å²) in [6, 6.07) is 2.92. The van der Waals surface area contributed by atoms with Crippen LogP contribution in [0.1, 0.15) is 30.5 Å². The van der Waals surface area contributed by atoms with Gasteiger partial charge >= 0.3 is 5.97 Å². The Morgan fingerprint density at radius 1 is 1.00 bits per heavy atom. The van der Waals surface area contributed by atoms with E-state index in [-0.39, 0.29) is 18.7 Å². The SMILES string of the molecule is NC(=O)CC(NC(=O)C(Cc1cnc[nH]1)NC(=O)C1CCCN1)C(=O)NC(Cc1c[nH]c2ccccc12)C(=O)O. The number of amides is 4. The Labute approximate surface area is 228 Å². The maximum atomic E-state index is 13.3. The number of carboxylic acids is 1. The molecule has 1 fully saturated rings. The van der Waals surface area contributed by atoms with Crippen LogP contribution in [0.4, 0.5) is 0 Å². The molecule has 1 saturated heterocycles. The van der Waals surface area contributed by atoms with Crippen LogP contribution in [-0.2, 0) is 36.8 Å². The normalized spacial score (nSPS) is 17.1. The number of aromatic nitrogens is 3. The molecular formula is C26H32N8O6. The molecule has 0 spiro atoms. The molecule has 0 bridgehead atoms. The van der Waals surface area contributed by atoms with E-state index in [0.29, 0.717) is 24.2 Å². The van der Waals surface area contributed by atoms with Crippen LogP contribution in [0.5, 0.6) is 0 Å². The van der Waals surface area contributed by atoms with Gasteiger partial charge in [-0.3, -0.25) is 19.2 Å². The number of aliphatic carboxylic acids is 1. The summed E-state index contributed by atoms with van der Waals surface area (Å²) in [4.78, 5) is 72.9. The van der Waals surface area contributed by atoms with Crippen molar-refractivity contribution in [3.8, 4) is 0 Å². The Balaban J connectivity index is 1.47. The third kappa shape index (κ3) is 7.22. The van der Waals surface area contributed by atoms with E-state index in [1.54, 1.807) is 6.20 Å². The highest BCUT2D eigenvalue weighted by Gasteiger charge is 2.32. The highest BCUT2D eigenvalue weighted by Crippen LogP contribution is 2.19. The number of para-hydroxylation sites is 1. The van der Waals surface area contributed by atoms with Crippen molar-refractivity contribution in [3.63, 3.8) is 0 Å². The van der Waals surface area contributed by atoms with Crippen LogP contribution in [-0.4, -0.2) is 80.4 Å². The van der Waals surface area contributed by atoms with Gasteiger partial charge in [0, 0.05) is 41.8 Å². The van der Waals surface area contributed by atoms with E-state index in [0.717, 1.165) is 17.3 Å². The lowest BCUT2D eigenvalue weighted by molar-refractivity contribution is -0.142. The monoisotopic (exact) mass is 552 g/mol. The van der Waals surface area contributed by atoms with E-state index >= 15 is 0 Å². The largest absolute Gasteiger partial charge is 0.480 e. The molecule has 40 heavy (non-hydrogen) atoms. The van der Waals surface area contributed by atoms with Crippen LogP contribution < -0.4 is 27.0 Å². The summed E-state index contributed by atoms with van der Waals surface area (Å²) in [5, 5.41) is 21.2. The van der Waals surface area contributed by atoms with Crippen LogP contribution >= 0.6 is 0 Å². The van der Waals surface area contributed by atoms with Gasteiger partial charge in [-0.05, 0) is 31.0 Å². The number of aromatic amines is 2. The molecule has 3 heterocycles. The molecule has 4 unspecified atom stereocenters. The van der Waals surface area contributed by atoms with Gasteiger partial charge in [0.15, 0.2) is 0 Å². The molecule has 4 amide bonds. The fraction of sp³-hybridized carbons (Fsp3) is 0.385. The van der Waals surface area contributed by atoms with Crippen molar-refractivity contribution < 1.29 is 29.1 Å². The molecule has 14 heteroatoms. The van der Waals surface area contributed by atoms with Gasteiger partial charge in [-0.2, -0.15) is 0 Å². The number of hydrogen-bond donors (Lipinski definition) is 8. The van der Waals surface area contributed by atoms with Gasteiger partial charge in [0.05, 0.1) is 18.8 Å². The number of H-pyrrole nitrogens is 2. The highest BCUT2D eigenvalue weighted by atomic mass is 16.4. The molecule has 0 radical (unpaired) electrons. The molecule has 0 aliphatic carbocycles. The lowest BCUT2D eigenvalue weighted by Crippen LogP contribution is -2.58. The Hall–Kier alpha value is -4.72. The number of primary amides is 1. The second-order valence-electron chi connectivity index (χ2n) is 9.69. The van der Waals surface area contributed by atoms with Crippen LogP contribution in [0.25, 0.3) is 10.9 Å². The van der Waals surface area contributed by atoms with E-state index in [1.807, 2.05) is 24.3 Å². The number of fused-ring (bicyclic) bond motifs is 1. The Bertz CT molecular complexity index is 1360. The van der Waals surface area contributed by atoms with E-state index in [9.17, 15) is 29.1 Å². The molecule has 0 saturated carbocycles. The Kier molecular flexibility index (Phi) is 9.11. The first-order valence-electron chi connectivity index (χ1n) is 12.9. The van der Waals surface area contributed by atoms with Crippen molar-refractivity contribution >= 4 is 40.5 Å². The maximum absolute atomic E-state index is 13.3. The lowest BCUT2D eigenvalue weighted by atomic mass is 10.0. The standard InChI is InChI=1S/C26H32N8O6/c27-22(35)10-20(25(38)34-21(26(39)40)8-14-11-30-17-5-2-1-4-16(14)17)33-24(37)19(9-15-12-28-13-31-15)32-23(36)18-6-3-7-29-18/h1-2,4-5,11-13,18-21,29-30H,3,6-10H2,(H2,27,35)(H,28,31)(H,32,36)(H,33,37)(H,34,38)(H,39,40). The van der Waals surface area contributed by atoms with Crippen molar-refractivity contribution in [2.45, 2.75) is 56.3 Å². The quantitative estimate of drug-likeness (QED) is 0.129. The molecule has 2 aromatic heterocycles. The van der Waals surface area contributed by atoms with Crippen molar-refractivity contribution in [1.29, 1.82) is 0 Å². The number of nitrogens with one attached hydrogen (secondary N) is 6. The summed E-state index contributed by atoms with van der Waals surface area (Å²) in [7, 11) is 0. The van der Waals surface area contributed by atoms with E-state index in [1.165, 1.54) is 12.5 Å². The summed E-state index contributed by atoms with van der Waals surface area (Å²) < 4.78 is 0. The number of benzene rings is 1. The number of imidazole rings is 1. The summed E-state index contributed by atoms with van der Waals surface area (Å²) in [6.07, 6.45) is 5.43. The number of rotatable bonds is 13. The third-order valence-corrected chi connectivity index (χ3v) is 6.74. The predicted molar refractivity (Wildman–Crippen MR) is 143 cm³/mol. The van der Waals surface area contributed by atoms with E-state index in [4.69, 9.17) is 5.73 Å². The zero-order chi connectivity index (χ0) is 28.6. The summed E-state index contributed by atoms with van der Waals surface area (Å²) in [5.41, 5.74) is 7.37. The number of carbonyl (C=O) groups excluding carboxylic acids is 4. The molecule has 4 rings (SSSR count). The molecule has 1 aliphatic heterocycles. The minimum Gasteiger partial charge on any atom is -0.480 e. The van der Waals surface area contributed by atoms with E-state index in [2.05, 4.69) is 36.2 Å². The first kappa shape index (κ1) is 28.3. The van der Waals surface area contributed by atoms with Crippen molar-refractivity contribution in [3.05, 3.63) is 54.2 Å². The number of carbonyl (C=O) groups is 5. The zero-order valence-corrected chi connectivity index (χ0v) is 21.6. The molecule has 9 N–H and O–H groups in total. The maximum Gasteiger partial charge on any atom is 0.326 e. The fourth-order valence-corrected chi connectivity index (χ4v) is 4.68. The number of hydrogen-bond acceptors (Lipinski definition) is 7. The van der Waals surface area contributed by atoms with Gasteiger partial charge in [-0.1, -0.05) is 18.2 Å². The van der Waals surface area contributed by atoms with Gasteiger partial charge in [-0.25, -0.2) is 9.78 Å². The van der Waals surface area contributed by atoms with E-state index < -0.39 is 54.3 Å². The second-order valence-corrected chi connectivity index (χ2v) is 9.69. The Morgan fingerprint density at radius 3 is 2.42 bits per heavy atom. The average Bonchev–Trinajstić information content (AvgIpc) is 3.70. The molecule has 1 aromatic carbocycles. The first-order chi connectivity index (χ1) is 19.2. The summed E-state index contributed by atoms with van der Waals surface area (Å²) in [6.45, 7) is 0.680. The van der Waals surface area contributed by atoms with Gasteiger partial charge in [0.1, 0.15) is 18.1 Å². The third-order valence-electron chi connectivity index (χ3n) is 6.74. The fourth-order valence-electron chi connectivity index (χ4n) is 4.68. The highest BCUT2D eigenvalue weighted by molar-refractivity contribution is 5.96. The molecule has 4 atom stereocenters. The topological polar surface area (TPSA) is 224 Å². The van der Waals surface area contributed by atoms with Crippen LogP contribution in [0.2, 0.25) is 0 Å². The number of carboxylic acid groups (broad SMARTS) is 1. The molecule has 14 nitrogen and oxygen atoms in total. The molecule has 1 aliphatic rings. The first-order valence-corrected chi connectivity index (χ1v) is 12.9. The lowest BCUT2D eigenvalue weighted by Gasteiger charge is -2.24. The van der Waals surface area contributed by atoms with Crippen LogP contribution in [0.3, 0.4) is 0 Å². The smallest absolute Gasteiger partial charge is 0.326 e. The minimum absolute atomic E-state index is 0.0352. The van der Waals surface area contributed by atoms with Gasteiger partial charge in [0.25, 0.3) is 0 Å². The average molecular weight is 553 g/mol. The minimum atomic E-state index is -1.47. The molecule has 212 valence electrons. The van der Waals surface area contributed by atoms with Crippen LogP contribution in [0, 0.1) is 0 Å². The van der Waals surface area contributed by atoms with Gasteiger partial charge in [-0.15, -0.1) is 0 Å². The zero-order valence-electron chi connectivity index (χ0n) is 21.6. The molecule has 3 aromatic rings. The number of nitrogens with zero attached hydrogens (tertiary/aromatic N) is 1. The predicted octanol–water partition coefficient (Wildman–Crippen LogP) is -1.16. The molecular weight excluding hydrogens is 520 g/mol. The van der Waals surface area contributed by atoms with Crippen LogP contribution in [0.15, 0.2) is 43.0 Å². The Morgan fingerprint density at radius 2 is 1.75 bits per heavy atom.